The summed E-state index contributed by atoms with van der Waals surface area (Å²) in [4.78, 5) is 11.6. The highest BCUT2D eigenvalue weighted by Crippen LogP contribution is 2.36. The summed E-state index contributed by atoms with van der Waals surface area (Å²) in [6.45, 7) is 10.1. The third-order valence-electron chi connectivity index (χ3n) is 6.35. The van der Waals surface area contributed by atoms with Crippen molar-refractivity contribution in [2.75, 3.05) is 0 Å². The SMILES string of the molecule is C=C(C)C(=O)OCc1ccc(C(CC)CC(C)n2c3ccccc3c3ccccc32)cc1. The van der Waals surface area contributed by atoms with E-state index >= 15 is 0 Å². The molecule has 2 atom stereocenters. The van der Waals surface area contributed by atoms with Crippen molar-refractivity contribution in [3.63, 3.8) is 0 Å². The maximum atomic E-state index is 11.6. The fraction of sp³-hybridized carbons (Fsp3) is 0.276. The Morgan fingerprint density at radius 1 is 0.938 bits per heavy atom. The van der Waals surface area contributed by atoms with Crippen LogP contribution in [0, 0.1) is 0 Å². The van der Waals surface area contributed by atoms with E-state index in [9.17, 15) is 4.79 Å². The fourth-order valence-electron chi connectivity index (χ4n) is 4.64. The van der Waals surface area contributed by atoms with Crippen LogP contribution in [0.4, 0.5) is 0 Å². The largest absolute Gasteiger partial charge is 0.457 e. The van der Waals surface area contributed by atoms with Gasteiger partial charge in [0.15, 0.2) is 0 Å². The maximum Gasteiger partial charge on any atom is 0.333 e. The number of carbonyl (C=O) groups excluding carboxylic acids is 1. The number of fused-ring (bicyclic) bond motifs is 3. The highest BCUT2D eigenvalue weighted by molar-refractivity contribution is 6.08. The molecule has 0 aliphatic carbocycles. The van der Waals surface area contributed by atoms with Crippen molar-refractivity contribution < 1.29 is 9.53 Å². The lowest BCUT2D eigenvalue weighted by Crippen LogP contribution is -2.10. The third-order valence-corrected chi connectivity index (χ3v) is 6.35. The van der Waals surface area contributed by atoms with E-state index in [1.807, 2.05) is 0 Å². The molecule has 0 amide bonds. The molecule has 4 aromatic rings. The lowest BCUT2D eigenvalue weighted by Gasteiger charge is -2.23. The van der Waals surface area contributed by atoms with Crippen LogP contribution in [0.1, 0.15) is 56.7 Å². The zero-order chi connectivity index (χ0) is 22.7. The van der Waals surface area contributed by atoms with Crippen molar-refractivity contribution in [3.8, 4) is 0 Å². The molecule has 0 aliphatic heterocycles. The summed E-state index contributed by atoms with van der Waals surface area (Å²) in [5.74, 6) is 0.109. The van der Waals surface area contributed by atoms with Gasteiger partial charge in [-0.3, -0.25) is 0 Å². The van der Waals surface area contributed by atoms with Crippen LogP contribution < -0.4 is 0 Å². The molecule has 32 heavy (non-hydrogen) atoms. The predicted molar refractivity (Wildman–Crippen MR) is 133 cm³/mol. The minimum atomic E-state index is -0.347. The molecule has 0 saturated carbocycles. The van der Waals surface area contributed by atoms with Crippen LogP contribution in [0.15, 0.2) is 84.9 Å². The minimum Gasteiger partial charge on any atom is -0.457 e. The first-order valence-electron chi connectivity index (χ1n) is 11.4. The van der Waals surface area contributed by atoms with E-state index in [4.69, 9.17) is 4.74 Å². The van der Waals surface area contributed by atoms with Crippen molar-refractivity contribution in [3.05, 3.63) is 96.1 Å². The van der Waals surface area contributed by atoms with Crippen LogP contribution in [0.25, 0.3) is 21.8 Å². The standard InChI is InChI=1S/C29H31NO2/c1-5-23(24-16-14-22(15-17-24)19-32-29(31)20(2)3)18-21(4)30-27-12-8-6-10-25(27)26-11-7-9-13-28(26)30/h6-17,21,23H,2,5,18-19H2,1,3-4H3. The summed E-state index contributed by atoms with van der Waals surface area (Å²) >= 11 is 0. The molecule has 0 aliphatic rings. The molecule has 4 rings (SSSR count). The van der Waals surface area contributed by atoms with Gasteiger partial charge in [0.05, 0.1) is 0 Å². The molecular formula is C29H31NO2. The van der Waals surface area contributed by atoms with Crippen molar-refractivity contribution >= 4 is 27.8 Å². The molecule has 3 nitrogen and oxygen atoms in total. The number of carbonyl (C=O) groups is 1. The summed E-state index contributed by atoms with van der Waals surface area (Å²) in [6, 6.07) is 26.2. The number of aromatic nitrogens is 1. The summed E-state index contributed by atoms with van der Waals surface area (Å²) in [7, 11) is 0. The third kappa shape index (κ3) is 4.34. The first kappa shape index (κ1) is 21.9. The zero-order valence-corrected chi connectivity index (χ0v) is 19.2. The van der Waals surface area contributed by atoms with Gasteiger partial charge in [0.2, 0.25) is 0 Å². The maximum absolute atomic E-state index is 11.6. The van der Waals surface area contributed by atoms with Crippen LogP contribution in [0.2, 0.25) is 0 Å². The highest BCUT2D eigenvalue weighted by Gasteiger charge is 2.19. The van der Waals surface area contributed by atoms with E-state index in [1.165, 1.54) is 27.4 Å². The van der Waals surface area contributed by atoms with Gasteiger partial charge in [0.1, 0.15) is 6.61 Å². The summed E-state index contributed by atoms with van der Waals surface area (Å²) in [6.07, 6.45) is 2.13. The molecule has 0 radical (unpaired) electrons. The molecule has 0 fully saturated rings. The number of esters is 1. The Labute approximate surface area is 190 Å². The second-order valence-electron chi connectivity index (χ2n) is 8.69. The predicted octanol–water partition coefficient (Wildman–Crippen LogP) is 7.56. The van der Waals surface area contributed by atoms with Gasteiger partial charge in [0.25, 0.3) is 0 Å². The number of rotatable bonds is 8. The van der Waals surface area contributed by atoms with Gasteiger partial charge in [0, 0.05) is 33.4 Å². The number of benzene rings is 3. The number of hydrogen-bond acceptors (Lipinski definition) is 2. The smallest absolute Gasteiger partial charge is 0.333 e. The molecule has 3 aromatic carbocycles. The first-order valence-corrected chi connectivity index (χ1v) is 11.4. The van der Waals surface area contributed by atoms with Gasteiger partial charge < -0.3 is 9.30 Å². The summed E-state index contributed by atoms with van der Waals surface area (Å²) in [5.41, 5.74) is 5.34. The molecule has 0 saturated heterocycles. The Morgan fingerprint density at radius 3 is 2.03 bits per heavy atom. The van der Waals surface area contributed by atoms with E-state index < -0.39 is 0 Å². The number of hydrogen-bond donors (Lipinski definition) is 0. The molecule has 0 N–H and O–H groups in total. The molecular weight excluding hydrogens is 394 g/mol. The van der Waals surface area contributed by atoms with Crippen molar-refractivity contribution in [2.24, 2.45) is 0 Å². The highest BCUT2D eigenvalue weighted by atomic mass is 16.5. The number of nitrogens with zero attached hydrogens (tertiary/aromatic N) is 1. The molecule has 3 heteroatoms. The minimum absolute atomic E-state index is 0.278. The van der Waals surface area contributed by atoms with Gasteiger partial charge >= 0.3 is 5.97 Å². The Hall–Kier alpha value is -3.33. The van der Waals surface area contributed by atoms with Crippen molar-refractivity contribution in [1.82, 2.24) is 4.57 Å². The Balaban J connectivity index is 1.55. The van der Waals surface area contributed by atoms with Crippen LogP contribution in [-0.4, -0.2) is 10.5 Å². The zero-order valence-electron chi connectivity index (χ0n) is 19.2. The Morgan fingerprint density at radius 2 is 1.50 bits per heavy atom. The number of para-hydroxylation sites is 2. The molecule has 0 spiro atoms. The lowest BCUT2D eigenvalue weighted by atomic mass is 9.89. The summed E-state index contributed by atoms with van der Waals surface area (Å²) < 4.78 is 7.77. The topological polar surface area (TPSA) is 31.2 Å². The average Bonchev–Trinajstić information content (AvgIpc) is 3.16. The monoisotopic (exact) mass is 425 g/mol. The van der Waals surface area contributed by atoms with Gasteiger partial charge in [-0.25, -0.2) is 4.79 Å². The Kier molecular flexibility index (Phi) is 6.45. The van der Waals surface area contributed by atoms with E-state index in [2.05, 4.69) is 97.8 Å². The van der Waals surface area contributed by atoms with E-state index in [0.717, 1.165) is 18.4 Å². The molecule has 1 heterocycles. The molecule has 1 aromatic heterocycles. The average molecular weight is 426 g/mol. The van der Waals surface area contributed by atoms with Crippen molar-refractivity contribution in [2.45, 2.75) is 52.2 Å². The number of ether oxygens (including phenoxy) is 1. The van der Waals surface area contributed by atoms with E-state index in [0.29, 0.717) is 17.5 Å². The quantitative estimate of drug-likeness (QED) is 0.215. The lowest BCUT2D eigenvalue weighted by molar-refractivity contribution is -0.140. The van der Waals surface area contributed by atoms with E-state index in [1.54, 1.807) is 6.92 Å². The van der Waals surface area contributed by atoms with Crippen molar-refractivity contribution in [1.29, 1.82) is 0 Å². The second kappa shape index (κ2) is 9.44. The van der Waals surface area contributed by atoms with Crippen LogP contribution in [0.3, 0.4) is 0 Å². The normalized spacial score (nSPS) is 13.2. The van der Waals surface area contributed by atoms with Gasteiger partial charge in [-0.1, -0.05) is 74.2 Å². The van der Waals surface area contributed by atoms with E-state index in [-0.39, 0.29) is 12.6 Å². The van der Waals surface area contributed by atoms with Gasteiger partial charge in [-0.15, -0.1) is 0 Å². The van der Waals surface area contributed by atoms with Gasteiger partial charge in [-0.05, 0) is 55.9 Å². The van der Waals surface area contributed by atoms with Crippen LogP contribution >= 0.6 is 0 Å². The fourth-order valence-corrected chi connectivity index (χ4v) is 4.64. The van der Waals surface area contributed by atoms with Crippen LogP contribution in [0.5, 0.6) is 0 Å². The second-order valence-corrected chi connectivity index (χ2v) is 8.69. The first-order chi connectivity index (χ1) is 15.5. The molecule has 0 bridgehead atoms. The van der Waals surface area contributed by atoms with Crippen LogP contribution in [-0.2, 0) is 16.1 Å². The molecule has 2 unspecified atom stereocenters. The van der Waals surface area contributed by atoms with Gasteiger partial charge in [-0.2, -0.15) is 0 Å². The summed E-state index contributed by atoms with van der Waals surface area (Å²) in [5, 5.41) is 2.63. The molecule has 164 valence electrons. The Bertz CT molecular complexity index is 1200.